The van der Waals surface area contributed by atoms with Crippen LogP contribution in [0.25, 0.3) is 0 Å². The molecule has 0 radical (unpaired) electrons. The number of aliphatic hydroxyl groups excluding tert-OH is 1. The van der Waals surface area contributed by atoms with Gasteiger partial charge in [-0.15, -0.1) is 22.7 Å². The van der Waals surface area contributed by atoms with E-state index in [9.17, 15) is 16.8 Å². The fraction of sp³-hybridized carbons (Fsp3) is 0.200. The first-order valence-electron chi connectivity index (χ1n) is 4.99. The third-order valence-corrected chi connectivity index (χ3v) is 8.96. The lowest BCUT2D eigenvalue weighted by Gasteiger charge is -1.97. The van der Waals surface area contributed by atoms with E-state index in [0.29, 0.717) is 4.88 Å². The lowest BCUT2D eigenvalue weighted by atomic mass is 10.5. The molecule has 0 unspecified atom stereocenters. The molecule has 0 fully saturated rings. The zero-order valence-electron chi connectivity index (χ0n) is 9.73. The van der Waals surface area contributed by atoms with Crippen LogP contribution in [0.5, 0.6) is 0 Å². The molecule has 2 aromatic rings. The highest BCUT2D eigenvalue weighted by Crippen LogP contribution is 2.33. The summed E-state index contributed by atoms with van der Waals surface area (Å²) in [5.74, 6) is 0. The van der Waals surface area contributed by atoms with Crippen molar-refractivity contribution in [3.63, 3.8) is 0 Å². The average molecular weight is 338 g/mol. The van der Waals surface area contributed by atoms with Gasteiger partial charge in [-0.1, -0.05) is 0 Å². The third-order valence-electron chi connectivity index (χ3n) is 2.24. The quantitative estimate of drug-likeness (QED) is 0.913. The van der Waals surface area contributed by atoms with Crippen molar-refractivity contribution in [1.29, 1.82) is 0 Å². The first-order chi connectivity index (χ1) is 8.75. The maximum absolute atomic E-state index is 12.2. The van der Waals surface area contributed by atoms with Gasteiger partial charge in [0.25, 0.3) is 0 Å². The molecule has 0 atom stereocenters. The summed E-state index contributed by atoms with van der Waals surface area (Å²) in [5.41, 5.74) is 0. The molecule has 2 aromatic heterocycles. The van der Waals surface area contributed by atoms with Crippen molar-refractivity contribution in [1.82, 2.24) is 0 Å². The minimum absolute atomic E-state index is 0.0146. The molecule has 19 heavy (non-hydrogen) atoms. The van der Waals surface area contributed by atoms with Crippen LogP contribution in [0.3, 0.4) is 0 Å². The van der Waals surface area contributed by atoms with Crippen molar-refractivity contribution in [3.8, 4) is 0 Å². The smallest absolute Gasteiger partial charge is 0.225 e. The van der Waals surface area contributed by atoms with Crippen LogP contribution in [-0.2, 0) is 26.3 Å². The molecule has 5 nitrogen and oxygen atoms in total. The summed E-state index contributed by atoms with van der Waals surface area (Å²) in [6, 6.07) is 5.51. The van der Waals surface area contributed by atoms with Gasteiger partial charge in [0.1, 0.15) is 12.6 Å². The van der Waals surface area contributed by atoms with E-state index in [1.807, 2.05) is 0 Å². The van der Waals surface area contributed by atoms with Crippen LogP contribution in [-0.4, -0.2) is 28.2 Å². The summed E-state index contributed by atoms with van der Waals surface area (Å²) < 4.78 is 47.3. The van der Waals surface area contributed by atoms with Gasteiger partial charge in [-0.25, -0.2) is 16.8 Å². The van der Waals surface area contributed by atoms with Crippen LogP contribution < -0.4 is 0 Å². The normalized spacial score (nSPS) is 12.7. The van der Waals surface area contributed by atoms with Gasteiger partial charge in [0.15, 0.2) is 9.84 Å². The van der Waals surface area contributed by atoms with E-state index < -0.39 is 19.7 Å². The van der Waals surface area contributed by atoms with E-state index in [-0.39, 0.29) is 19.2 Å². The second-order valence-electron chi connectivity index (χ2n) is 3.73. The van der Waals surface area contributed by atoms with Crippen LogP contribution >= 0.6 is 22.7 Å². The van der Waals surface area contributed by atoms with Crippen molar-refractivity contribution in [3.05, 3.63) is 29.1 Å². The highest BCUT2D eigenvalue weighted by molar-refractivity contribution is 7.96. The summed E-state index contributed by atoms with van der Waals surface area (Å²) in [4.78, 5) is 0.540. The number of sulfone groups is 2. The Labute approximate surface area is 119 Å². The maximum Gasteiger partial charge on any atom is 0.225 e. The number of rotatable bonds is 4. The Bertz CT molecular complexity index is 795. The average Bonchev–Trinajstić information content (AvgIpc) is 2.98. The minimum Gasteiger partial charge on any atom is -0.391 e. The van der Waals surface area contributed by atoms with Gasteiger partial charge < -0.3 is 5.11 Å². The summed E-state index contributed by atoms with van der Waals surface area (Å²) >= 11 is 1.70. The van der Waals surface area contributed by atoms with E-state index >= 15 is 0 Å². The second kappa shape index (κ2) is 4.98. The molecule has 0 amide bonds. The molecule has 0 saturated heterocycles. The lowest BCUT2D eigenvalue weighted by Crippen LogP contribution is -1.96. The Morgan fingerprint density at radius 1 is 0.947 bits per heavy atom. The van der Waals surface area contributed by atoms with Crippen LogP contribution in [0.15, 0.2) is 36.9 Å². The SMILES string of the molecule is CS(=O)(=O)c1ccc(S(=O)(=O)c2ccc(CO)s2)s1. The lowest BCUT2D eigenvalue weighted by molar-refractivity contribution is 0.285. The van der Waals surface area contributed by atoms with E-state index in [4.69, 9.17) is 5.11 Å². The summed E-state index contributed by atoms with van der Waals surface area (Å²) in [6.07, 6.45) is 1.03. The number of thiophene rings is 2. The first kappa shape index (κ1) is 14.7. The van der Waals surface area contributed by atoms with Gasteiger partial charge >= 0.3 is 0 Å². The number of aliphatic hydroxyl groups is 1. The topological polar surface area (TPSA) is 88.5 Å². The zero-order chi connectivity index (χ0) is 14.3. The van der Waals surface area contributed by atoms with E-state index in [1.165, 1.54) is 24.3 Å². The van der Waals surface area contributed by atoms with Gasteiger partial charge in [0, 0.05) is 11.1 Å². The van der Waals surface area contributed by atoms with Gasteiger partial charge in [0.2, 0.25) is 9.84 Å². The van der Waals surface area contributed by atoms with Gasteiger partial charge in [-0.2, -0.15) is 0 Å². The molecular formula is C10H10O5S4. The Morgan fingerprint density at radius 2 is 1.47 bits per heavy atom. The molecule has 0 aliphatic carbocycles. The molecule has 0 aliphatic heterocycles. The second-order valence-corrected chi connectivity index (χ2v) is 10.6. The molecular weight excluding hydrogens is 328 g/mol. The molecule has 9 heteroatoms. The highest BCUT2D eigenvalue weighted by Gasteiger charge is 2.24. The predicted octanol–water partition coefficient (Wildman–Crippen LogP) is 1.54. The third kappa shape index (κ3) is 2.90. The monoisotopic (exact) mass is 338 g/mol. The van der Waals surface area contributed by atoms with Crippen LogP contribution in [0.2, 0.25) is 0 Å². The van der Waals surface area contributed by atoms with E-state index in [1.54, 1.807) is 0 Å². The largest absolute Gasteiger partial charge is 0.391 e. The Kier molecular flexibility index (Phi) is 3.85. The zero-order valence-corrected chi connectivity index (χ0v) is 13.0. The van der Waals surface area contributed by atoms with Crippen molar-refractivity contribution in [2.75, 3.05) is 6.26 Å². The van der Waals surface area contributed by atoms with Gasteiger partial charge in [-0.3, -0.25) is 0 Å². The predicted molar refractivity (Wildman–Crippen MR) is 73.1 cm³/mol. The van der Waals surface area contributed by atoms with Crippen molar-refractivity contribution in [2.24, 2.45) is 0 Å². The standard InChI is InChI=1S/C10H10O5S4/c1-18(12,13)8-4-5-10(17-8)19(14,15)9-3-2-7(6-11)16-9/h2-5,11H,6H2,1H3. The van der Waals surface area contributed by atoms with Crippen molar-refractivity contribution < 1.29 is 21.9 Å². The van der Waals surface area contributed by atoms with Crippen molar-refractivity contribution >= 4 is 42.3 Å². The highest BCUT2D eigenvalue weighted by atomic mass is 32.3. The minimum atomic E-state index is -3.71. The number of hydrogen-bond acceptors (Lipinski definition) is 7. The molecule has 0 saturated carbocycles. The van der Waals surface area contributed by atoms with Gasteiger partial charge in [0.05, 0.1) is 6.61 Å². The molecule has 0 bridgehead atoms. The molecule has 0 spiro atoms. The Hall–Kier alpha value is -0.740. The number of hydrogen-bond donors (Lipinski definition) is 1. The van der Waals surface area contributed by atoms with Crippen LogP contribution in [0, 0.1) is 0 Å². The summed E-state index contributed by atoms with van der Waals surface area (Å²) in [5, 5.41) is 8.94. The van der Waals surface area contributed by atoms with Crippen LogP contribution in [0.4, 0.5) is 0 Å². The molecule has 2 heterocycles. The van der Waals surface area contributed by atoms with Crippen molar-refractivity contribution in [2.45, 2.75) is 19.2 Å². The fourth-order valence-corrected chi connectivity index (χ4v) is 6.61. The fourth-order valence-electron chi connectivity index (χ4n) is 1.33. The first-order valence-corrected chi connectivity index (χ1v) is 10.0. The molecule has 2 rings (SSSR count). The Balaban J connectivity index is 2.48. The molecule has 104 valence electrons. The van der Waals surface area contributed by atoms with E-state index in [2.05, 4.69) is 0 Å². The Morgan fingerprint density at radius 3 is 1.95 bits per heavy atom. The maximum atomic E-state index is 12.2. The van der Waals surface area contributed by atoms with Crippen LogP contribution in [0.1, 0.15) is 4.88 Å². The molecule has 0 aromatic carbocycles. The van der Waals surface area contributed by atoms with Gasteiger partial charge in [-0.05, 0) is 24.3 Å². The summed E-state index contributed by atoms with van der Waals surface area (Å²) in [6.45, 7) is -0.223. The van der Waals surface area contributed by atoms with E-state index in [0.717, 1.165) is 28.9 Å². The molecule has 1 N–H and O–H groups in total. The summed E-state index contributed by atoms with van der Waals surface area (Å²) in [7, 11) is -7.11. The molecule has 0 aliphatic rings.